The van der Waals surface area contributed by atoms with E-state index in [1.54, 1.807) is 0 Å². The first-order valence-electron chi connectivity index (χ1n) is 6.96. The van der Waals surface area contributed by atoms with Gasteiger partial charge in [-0.05, 0) is 32.2 Å². The molecule has 1 saturated carbocycles. The van der Waals surface area contributed by atoms with E-state index in [0.717, 1.165) is 51.6 Å². The number of aliphatic hydroxyl groups excluding tert-OH is 1. The minimum atomic E-state index is -0.349. The maximum atomic E-state index is 12.1. The van der Waals surface area contributed by atoms with Gasteiger partial charge in [-0.15, -0.1) is 0 Å². The molecule has 2 fully saturated rings. The van der Waals surface area contributed by atoms with Crippen LogP contribution in [0.4, 0.5) is 0 Å². The topological polar surface area (TPSA) is 61.4 Å². The molecule has 1 saturated heterocycles. The van der Waals surface area contributed by atoms with E-state index in [1.165, 1.54) is 6.42 Å². The van der Waals surface area contributed by atoms with E-state index >= 15 is 0 Å². The number of hydrogen-bond donors (Lipinski definition) is 3. The van der Waals surface area contributed by atoms with Crippen molar-refractivity contribution >= 4 is 5.91 Å². The van der Waals surface area contributed by atoms with Gasteiger partial charge < -0.3 is 15.7 Å². The summed E-state index contributed by atoms with van der Waals surface area (Å²) in [5.41, 5.74) is 0. The number of nitrogens with one attached hydrogen (secondary N) is 2. The Balaban J connectivity index is 1.83. The monoisotopic (exact) mass is 240 g/mol. The summed E-state index contributed by atoms with van der Waals surface area (Å²) in [5.74, 6) is 0.224. The standard InChI is InChI=1S/C13H24N2O2/c16-12-7-3-1-2-6-11(12)15-13(17)10-5-4-8-14-9-10/h10-12,14,16H,1-9H2,(H,15,17)/t10-,11?,12?/m0/s1. The quantitative estimate of drug-likeness (QED) is 0.626. The van der Waals surface area contributed by atoms with Crippen LogP contribution >= 0.6 is 0 Å². The van der Waals surface area contributed by atoms with Crippen molar-refractivity contribution in [3.63, 3.8) is 0 Å². The summed E-state index contributed by atoms with van der Waals surface area (Å²) < 4.78 is 0. The van der Waals surface area contributed by atoms with Crippen LogP contribution < -0.4 is 10.6 Å². The molecule has 2 aliphatic rings. The molecule has 3 atom stereocenters. The highest BCUT2D eigenvalue weighted by Crippen LogP contribution is 2.19. The van der Waals surface area contributed by atoms with E-state index in [1.807, 2.05) is 0 Å². The zero-order valence-corrected chi connectivity index (χ0v) is 10.5. The van der Waals surface area contributed by atoms with Gasteiger partial charge in [-0.25, -0.2) is 0 Å². The van der Waals surface area contributed by atoms with Gasteiger partial charge in [0.25, 0.3) is 0 Å². The van der Waals surface area contributed by atoms with Crippen molar-refractivity contribution in [2.45, 2.75) is 57.1 Å². The number of carbonyl (C=O) groups is 1. The average Bonchev–Trinajstić information content (AvgIpc) is 2.56. The number of carbonyl (C=O) groups excluding carboxylic acids is 1. The van der Waals surface area contributed by atoms with Crippen LogP contribution in [0.1, 0.15) is 44.9 Å². The predicted octanol–water partition coefficient (Wildman–Crippen LogP) is 0.796. The fourth-order valence-electron chi connectivity index (χ4n) is 2.83. The highest BCUT2D eigenvalue weighted by Gasteiger charge is 2.27. The second-order valence-corrected chi connectivity index (χ2v) is 5.36. The smallest absolute Gasteiger partial charge is 0.224 e. The predicted molar refractivity (Wildman–Crippen MR) is 66.6 cm³/mol. The molecule has 0 aromatic heterocycles. The van der Waals surface area contributed by atoms with Crippen molar-refractivity contribution in [1.29, 1.82) is 0 Å². The van der Waals surface area contributed by atoms with E-state index in [-0.39, 0.29) is 24.0 Å². The van der Waals surface area contributed by atoms with Gasteiger partial charge in [0, 0.05) is 6.54 Å². The minimum Gasteiger partial charge on any atom is -0.391 e. The van der Waals surface area contributed by atoms with Crippen molar-refractivity contribution in [2.75, 3.05) is 13.1 Å². The van der Waals surface area contributed by atoms with Crippen LogP contribution in [0, 0.1) is 5.92 Å². The molecule has 4 heteroatoms. The lowest BCUT2D eigenvalue weighted by atomic mass is 9.97. The maximum absolute atomic E-state index is 12.1. The molecule has 17 heavy (non-hydrogen) atoms. The molecule has 4 nitrogen and oxygen atoms in total. The van der Waals surface area contributed by atoms with Gasteiger partial charge in [-0.1, -0.05) is 19.3 Å². The van der Waals surface area contributed by atoms with Gasteiger partial charge in [0.15, 0.2) is 0 Å². The van der Waals surface area contributed by atoms with Crippen LogP contribution in [0.2, 0.25) is 0 Å². The van der Waals surface area contributed by atoms with Gasteiger partial charge >= 0.3 is 0 Å². The summed E-state index contributed by atoms with van der Waals surface area (Å²) in [6, 6.07) is -0.0214. The van der Waals surface area contributed by atoms with E-state index in [9.17, 15) is 9.90 Å². The molecule has 2 unspecified atom stereocenters. The van der Waals surface area contributed by atoms with Crippen molar-refractivity contribution in [3.8, 4) is 0 Å². The van der Waals surface area contributed by atoms with E-state index in [0.29, 0.717) is 0 Å². The SMILES string of the molecule is O=C(NC1CCCCCC1O)[C@H]1CCCNC1. The molecule has 0 aromatic rings. The van der Waals surface area contributed by atoms with Crippen LogP contribution in [0.15, 0.2) is 0 Å². The van der Waals surface area contributed by atoms with E-state index in [2.05, 4.69) is 10.6 Å². The third-order valence-corrected chi connectivity index (χ3v) is 3.97. The van der Waals surface area contributed by atoms with Crippen molar-refractivity contribution in [2.24, 2.45) is 5.92 Å². The van der Waals surface area contributed by atoms with Gasteiger partial charge in [-0.3, -0.25) is 4.79 Å². The molecular formula is C13H24N2O2. The average molecular weight is 240 g/mol. The second kappa shape index (κ2) is 6.36. The summed E-state index contributed by atoms with van der Waals surface area (Å²) in [6.45, 7) is 1.81. The molecule has 1 amide bonds. The number of amides is 1. The Kier molecular flexibility index (Phi) is 4.80. The summed E-state index contributed by atoms with van der Waals surface area (Å²) in [6.07, 6.45) is 6.82. The fraction of sp³-hybridized carbons (Fsp3) is 0.923. The second-order valence-electron chi connectivity index (χ2n) is 5.36. The Morgan fingerprint density at radius 3 is 2.71 bits per heavy atom. The number of hydrogen-bond acceptors (Lipinski definition) is 3. The van der Waals surface area contributed by atoms with Crippen molar-refractivity contribution in [1.82, 2.24) is 10.6 Å². The molecule has 2 rings (SSSR count). The first kappa shape index (κ1) is 12.8. The van der Waals surface area contributed by atoms with Crippen molar-refractivity contribution < 1.29 is 9.90 Å². The largest absolute Gasteiger partial charge is 0.391 e. The molecule has 0 spiro atoms. The summed E-state index contributed by atoms with van der Waals surface area (Å²) in [5, 5.41) is 16.3. The molecular weight excluding hydrogens is 216 g/mol. The Morgan fingerprint density at radius 1 is 1.12 bits per heavy atom. The zero-order chi connectivity index (χ0) is 12.1. The number of rotatable bonds is 2. The van der Waals surface area contributed by atoms with Crippen LogP contribution in [0.5, 0.6) is 0 Å². The number of aliphatic hydroxyl groups is 1. The summed E-state index contributed by atoms with van der Waals surface area (Å²) in [7, 11) is 0. The molecule has 0 bridgehead atoms. The Labute approximate surface area is 103 Å². The normalized spacial score (nSPS) is 35.0. The maximum Gasteiger partial charge on any atom is 0.224 e. The Morgan fingerprint density at radius 2 is 1.94 bits per heavy atom. The van der Waals surface area contributed by atoms with E-state index < -0.39 is 0 Å². The molecule has 1 aliphatic carbocycles. The van der Waals surface area contributed by atoms with Crippen LogP contribution in [0.25, 0.3) is 0 Å². The third-order valence-electron chi connectivity index (χ3n) is 3.97. The fourth-order valence-corrected chi connectivity index (χ4v) is 2.83. The molecule has 0 aromatic carbocycles. The zero-order valence-electron chi connectivity index (χ0n) is 10.5. The Bertz CT molecular complexity index is 252. The van der Waals surface area contributed by atoms with Crippen LogP contribution in [0.3, 0.4) is 0 Å². The van der Waals surface area contributed by atoms with Gasteiger partial charge in [-0.2, -0.15) is 0 Å². The molecule has 1 aliphatic heterocycles. The molecule has 3 N–H and O–H groups in total. The molecule has 98 valence electrons. The van der Waals surface area contributed by atoms with Gasteiger partial charge in [0.1, 0.15) is 0 Å². The first-order valence-corrected chi connectivity index (χ1v) is 6.96. The van der Waals surface area contributed by atoms with Crippen LogP contribution in [-0.4, -0.2) is 36.2 Å². The van der Waals surface area contributed by atoms with Crippen LogP contribution in [-0.2, 0) is 4.79 Å². The third kappa shape index (κ3) is 3.68. The minimum absolute atomic E-state index is 0.0214. The van der Waals surface area contributed by atoms with Crippen molar-refractivity contribution in [3.05, 3.63) is 0 Å². The lowest BCUT2D eigenvalue weighted by molar-refractivity contribution is -0.127. The highest BCUT2D eigenvalue weighted by atomic mass is 16.3. The van der Waals surface area contributed by atoms with Gasteiger partial charge in [0.05, 0.1) is 18.1 Å². The first-order chi connectivity index (χ1) is 8.27. The molecule has 1 heterocycles. The number of piperidine rings is 1. The van der Waals surface area contributed by atoms with E-state index in [4.69, 9.17) is 0 Å². The Hall–Kier alpha value is -0.610. The lowest BCUT2D eigenvalue weighted by Crippen LogP contribution is -2.48. The molecule has 0 radical (unpaired) electrons. The highest BCUT2D eigenvalue weighted by molar-refractivity contribution is 5.79. The van der Waals surface area contributed by atoms with Gasteiger partial charge in [0.2, 0.25) is 5.91 Å². The summed E-state index contributed by atoms with van der Waals surface area (Å²) in [4.78, 5) is 12.1. The lowest BCUT2D eigenvalue weighted by Gasteiger charge is -2.27. The summed E-state index contributed by atoms with van der Waals surface area (Å²) >= 11 is 0.